The van der Waals surface area contributed by atoms with Gasteiger partial charge in [0.2, 0.25) is 5.91 Å². The molecule has 0 spiro atoms. The number of aryl methyl sites for hydroxylation is 1. The second-order valence-corrected chi connectivity index (χ2v) is 7.32. The summed E-state index contributed by atoms with van der Waals surface area (Å²) in [4.78, 5) is 29.4. The predicted molar refractivity (Wildman–Crippen MR) is 103 cm³/mol. The average molecular weight is 392 g/mol. The van der Waals surface area contributed by atoms with Crippen molar-refractivity contribution in [1.29, 1.82) is 0 Å². The molecule has 136 valence electrons. The van der Waals surface area contributed by atoms with Crippen LogP contribution in [0, 0.1) is 0 Å². The predicted octanol–water partition coefficient (Wildman–Crippen LogP) is 2.74. The fraction of sp³-hybridized carbons (Fsp3) is 0.278. The summed E-state index contributed by atoms with van der Waals surface area (Å²) < 4.78 is 1.43. The number of aliphatic hydroxyl groups is 1. The minimum Gasteiger partial charge on any atom is -0.386 e. The minimum absolute atomic E-state index is 0.120. The number of thiophene rings is 1. The quantitative estimate of drug-likeness (QED) is 0.676. The topological polar surface area (TPSA) is 84.2 Å². The highest BCUT2D eigenvalue weighted by Crippen LogP contribution is 2.19. The Labute approximate surface area is 159 Å². The van der Waals surface area contributed by atoms with Gasteiger partial charge < -0.3 is 10.4 Å². The molecule has 0 aliphatic carbocycles. The molecule has 8 heteroatoms. The molecule has 0 radical (unpaired) electrons. The van der Waals surface area contributed by atoms with Crippen LogP contribution in [-0.2, 0) is 11.3 Å². The number of benzene rings is 1. The maximum atomic E-state index is 12.3. The molecule has 0 unspecified atom stereocenters. The summed E-state index contributed by atoms with van der Waals surface area (Å²) >= 11 is 7.24. The van der Waals surface area contributed by atoms with Gasteiger partial charge in [0.1, 0.15) is 4.83 Å². The number of fused-ring (bicyclic) bond motifs is 1. The lowest BCUT2D eigenvalue weighted by Gasteiger charge is -2.20. The largest absolute Gasteiger partial charge is 0.386 e. The molecule has 2 aromatic heterocycles. The van der Waals surface area contributed by atoms with Crippen LogP contribution in [0.1, 0.15) is 25.0 Å². The number of amides is 1. The summed E-state index contributed by atoms with van der Waals surface area (Å²) in [5.74, 6) is -0.247. The second-order valence-electron chi connectivity index (χ2n) is 5.99. The van der Waals surface area contributed by atoms with Crippen LogP contribution in [0.15, 0.2) is 46.8 Å². The van der Waals surface area contributed by atoms with E-state index in [4.69, 9.17) is 11.6 Å². The Morgan fingerprint density at radius 1 is 1.35 bits per heavy atom. The van der Waals surface area contributed by atoms with E-state index in [-0.39, 0.29) is 24.4 Å². The SMILES string of the molecule is C[C@H](NC(=O)CCn1cnc2sccc2c1=O)[C@@H](O)c1ccc(Cl)cc1. The molecule has 3 rings (SSSR count). The third kappa shape index (κ3) is 4.12. The van der Waals surface area contributed by atoms with Crippen LogP contribution in [-0.4, -0.2) is 26.6 Å². The number of aliphatic hydroxyl groups excluding tert-OH is 1. The number of aromatic nitrogens is 2. The molecule has 0 saturated heterocycles. The van der Waals surface area contributed by atoms with Crippen molar-refractivity contribution in [3.05, 3.63) is 63.0 Å². The molecule has 0 aliphatic heterocycles. The maximum absolute atomic E-state index is 12.3. The first-order chi connectivity index (χ1) is 12.5. The summed E-state index contributed by atoms with van der Waals surface area (Å²) in [6.45, 7) is 1.95. The van der Waals surface area contributed by atoms with E-state index >= 15 is 0 Å². The van der Waals surface area contributed by atoms with E-state index in [9.17, 15) is 14.7 Å². The molecular weight excluding hydrogens is 374 g/mol. The third-order valence-electron chi connectivity index (χ3n) is 4.10. The highest BCUT2D eigenvalue weighted by Gasteiger charge is 2.18. The average Bonchev–Trinajstić information content (AvgIpc) is 3.11. The summed E-state index contributed by atoms with van der Waals surface area (Å²) in [5.41, 5.74) is 0.517. The molecule has 0 saturated carbocycles. The fourth-order valence-electron chi connectivity index (χ4n) is 2.63. The van der Waals surface area contributed by atoms with Crippen LogP contribution < -0.4 is 10.9 Å². The minimum atomic E-state index is -0.845. The van der Waals surface area contributed by atoms with Crippen LogP contribution in [0.4, 0.5) is 0 Å². The number of hydrogen-bond acceptors (Lipinski definition) is 5. The number of rotatable bonds is 6. The number of nitrogens with zero attached hydrogens (tertiary/aromatic N) is 2. The molecule has 0 bridgehead atoms. The smallest absolute Gasteiger partial charge is 0.262 e. The van der Waals surface area contributed by atoms with Crippen molar-refractivity contribution < 1.29 is 9.90 Å². The number of carbonyl (C=O) groups is 1. The first kappa shape index (κ1) is 18.6. The number of carbonyl (C=O) groups excluding carboxylic acids is 1. The molecule has 1 aromatic carbocycles. The molecule has 3 aromatic rings. The van der Waals surface area contributed by atoms with Gasteiger partial charge in [-0.2, -0.15) is 0 Å². The summed E-state index contributed by atoms with van der Waals surface area (Å²) in [6, 6.07) is 8.08. The van der Waals surface area contributed by atoms with Gasteiger partial charge in [0.25, 0.3) is 5.56 Å². The summed E-state index contributed by atoms with van der Waals surface area (Å²) in [6.07, 6.45) is 0.734. The normalized spacial score (nSPS) is 13.5. The molecule has 2 heterocycles. The van der Waals surface area contributed by atoms with Crippen LogP contribution in [0.2, 0.25) is 5.02 Å². The number of nitrogens with one attached hydrogen (secondary N) is 1. The van der Waals surface area contributed by atoms with Gasteiger partial charge in [-0.3, -0.25) is 14.2 Å². The van der Waals surface area contributed by atoms with Crippen molar-refractivity contribution in [2.75, 3.05) is 0 Å². The maximum Gasteiger partial charge on any atom is 0.262 e. The molecule has 2 N–H and O–H groups in total. The fourth-order valence-corrected chi connectivity index (χ4v) is 3.48. The van der Waals surface area contributed by atoms with Crippen LogP contribution >= 0.6 is 22.9 Å². The lowest BCUT2D eigenvalue weighted by Crippen LogP contribution is -2.37. The lowest BCUT2D eigenvalue weighted by atomic mass is 10.0. The zero-order valence-electron chi connectivity index (χ0n) is 14.1. The van der Waals surface area contributed by atoms with E-state index in [0.29, 0.717) is 20.8 Å². The Hall–Kier alpha value is -2.22. The van der Waals surface area contributed by atoms with Gasteiger partial charge in [-0.1, -0.05) is 23.7 Å². The van der Waals surface area contributed by atoms with Crippen molar-refractivity contribution in [2.45, 2.75) is 32.0 Å². The van der Waals surface area contributed by atoms with Gasteiger partial charge in [-0.05, 0) is 36.1 Å². The zero-order valence-corrected chi connectivity index (χ0v) is 15.6. The van der Waals surface area contributed by atoms with E-state index in [1.807, 2.05) is 5.38 Å². The Morgan fingerprint density at radius 3 is 2.81 bits per heavy atom. The van der Waals surface area contributed by atoms with Crippen LogP contribution in [0.5, 0.6) is 0 Å². The zero-order chi connectivity index (χ0) is 18.7. The molecule has 6 nitrogen and oxygen atoms in total. The molecule has 0 fully saturated rings. The highest BCUT2D eigenvalue weighted by molar-refractivity contribution is 7.16. The summed E-state index contributed by atoms with van der Waals surface area (Å²) in [7, 11) is 0. The standard InChI is InChI=1S/C18H18ClN3O3S/c1-11(16(24)12-2-4-13(19)5-3-12)21-15(23)6-8-22-10-20-17-14(18(22)25)7-9-26-17/h2-5,7,9-11,16,24H,6,8H2,1H3,(H,21,23)/t11-,16+/m0/s1. The first-order valence-electron chi connectivity index (χ1n) is 8.11. The van der Waals surface area contributed by atoms with Crippen molar-refractivity contribution >= 4 is 39.1 Å². The molecular formula is C18H18ClN3O3S. The van der Waals surface area contributed by atoms with Gasteiger partial charge in [0.15, 0.2) is 0 Å². The Balaban J connectivity index is 1.58. The van der Waals surface area contributed by atoms with Crippen molar-refractivity contribution in [3.8, 4) is 0 Å². The van der Waals surface area contributed by atoms with Gasteiger partial charge in [0.05, 0.1) is 23.9 Å². The van der Waals surface area contributed by atoms with Gasteiger partial charge in [0, 0.05) is 18.0 Å². The van der Waals surface area contributed by atoms with Gasteiger partial charge >= 0.3 is 0 Å². The molecule has 1 amide bonds. The highest BCUT2D eigenvalue weighted by atomic mass is 35.5. The lowest BCUT2D eigenvalue weighted by molar-refractivity contribution is -0.122. The molecule has 26 heavy (non-hydrogen) atoms. The van der Waals surface area contributed by atoms with Crippen LogP contribution in [0.3, 0.4) is 0 Å². The Bertz CT molecular complexity index is 968. The number of hydrogen-bond donors (Lipinski definition) is 2. The summed E-state index contributed by atoms with van der Waals surface area (Å²) in [5, 5.41) is 16.0. The molecule has 0 aliphatic rings. The Morgan fingerprint density at radius 2 is 2.08 bits per heavy atom. The van der Waals surface area contributed by atoms with Crippen molar-refractivity contribution in [1.82, 2.24) is 14.9 Å². The van der Waals surface area contributed by atoms with E-state index < -0.39 is 12.1 Å². The Kier molecular flexibility index (Phi) is 5.70. The van der Waals surface area contributed by atoms with E-state index in [1.54, 1.807) is 37.3 Å². The first-order valence-corrected chi connectivity index (χ1v) is 9.37. The second kappa shape index (κ2) is 7.99. The van der Waals surface area contributed by atoms with Crippen LogP contribution in [0.25, 0.3) is 10.2 Å². The van der Waals surface area contributed by atoms with E-state index in [0.717, 1.165) is 0 Å². The van der Waals surface area contributed by atoms with E-state index in [1.165, 1.54) is 22.2 Å². The van der Waals surface area contributed by atoms with Crippen molar-refractivity contribution in [2.24, 2.45) is 0 Å². The molecule has 2 atom stereocenters. The van der Waals surface area contributed by atoms with Gasteiger partial charge in [-0.15, -0.1) is 11.3 Å². The third-order valence-corrected chi connectivity index (χ3v) is 5.18. The van der Waals surface area contributed by atoms with Gasteiger partial charge in [-0.25, -0.2) is 4.98 Å². The number of halogens is 1. The van der Waals surface area contributed by atoms with E-state index in [2.05, 4.69) is 10.3 Å². The monoisotopic (exact) mass is 391 g/mol. The van der Waals surface area contributed by atoms with Crippen molar-refractivity contribution in [3.63, 3.8) is 0 Å².